The van der Waals surface area contributed by atoms with Crippen LogP contribution < -0.4 is 0 Å². The number of unbranched alkanes of at least 4 members (excludes halogenated alkanes) is 13. The number of hydrogen-bond donors (Lipinski definition) is 0. The van der Waals surface area contributed by atoms with Gasteiger partial charge < -0.3 is 0 Å². The Morgan fingerprint density at radius 1 is 0.619 bits per heavy atom. The summed E-state index contributed by atoms with van der Waals surface area (Å²) in [4.78, 5) is 0. The maximum Gasteiger partial charge on any atom is 0.00860 e. The molecule has 0 radical (unpaired) electrons. The van der Waals surface area contributed by atoms with E-state index >= 15 is 0 Å². The van der Waals surface area contributed by atoms with Crippen LogP contribution in [0.5, 0.6) is 0 Å². The van der Waals surface area contributed by atoms with E-state index in [0.29, 0.717) is 0 Å². The second-order valence-corrected chi connectivity index (χ2v) is 6.73. The summed E-state index contributed by atoms with van der Waals surface area (Å²) in [5, 5.41) is 0. The SMILES string of the molecule is C#CCCCCCCCCCCCCCCCC(C)C.Cl. The van der Waals surface area contributed by atoms with Gasteiger partial charge in [0.2, 0.25) is 0 Å². The van der Waals surface area contributed by atoms with Gasteiger partial charge in [-0.15, -0.1) is 24.8 Å². The first-order chi connectivity index (χ1) is 9.77. The van der Waals surface area contributed by atoms with Crippen LogP contribution in [0.2, 0.25) is 0 Å². The maximum atomic E-state index is 5.24. The molecule has 0 heterocycles. The molecule has 0 amide bonds. The molecule has 126 valence electrons. The summed E-state index contributed by atoms with van der Waals surface area (Å²) in [6.07, 6.45) is 26.1. The van der Waals surface area contributed by atoms with Gasteiger partial charge in [0, 0.05) is 6.42 Å². The highest BCUT2D eigenvalue weighted by Crippen LogP contribution is 2.14. The molecule has 0 aliphatic rings. The highest BCUT2D eigenvalue weighted by molar-refractivity contribution is 5.85. The van der Waals surface area contributed by atoms with Gasteiger partial charge in [-0.3, -0.25) is 0 Å². The molecular formula is C20H39Cl. The van der Waals surface area contributed by atoms with E-state index in [0.717, 1.165) is 12.3 Å². The number of rotatable bonds is 15. The monoisotopic (exact) mass is 314 g/mol. The molecule has 0 aliphatic heterocycles. The Bertz CT molecular complexity index is 214. The molecule has 0 fully saturated rings. The van der Waals surface area contributed by atoms with Crippen molar-refractivity contribution in [3.63, 3.8) is 0 Å². The van der Waals surface area contributed by atoms with Gasteiger partial charge in [0.1, 0.15) is 0 Å². The summed E-state index contributed by atoms with van der Waals surface area (Å²) in [5.41, 5.74) is 0. The van der Waals surface area contributed by atoms with Gasteiger partial charge in [0.15, 0.2) is 0 Å². The number of terminal acetylenes is 1. The average Bonchev–Trinajstić information content (AvgIpc) is 2.43. The zero-order chi connectivity index (χ0) is 14.9. The predicted octanol–water partition coefficient (Wildman–Crippen LogP) is 7.55. The van der Waals surface area contributed by atoms with Crippen molar-refractivity contribution in [3.8, 4) is 12.3 Å². The van der Waals surface area contributed by atoms with Crippen LogP contribution >= 0.6 is 12.4 Å². The summed E-state index contributed by atoms with van der Waals surface area (Å²) in [6.45, 7) is 4.66. The minimum atomic E-state index is 0. The Balaban J connectivity index is 0. The van der Waals surface area contributed by atoms with Crippen molar-refractivity contribution in [1.82, 2.24) is 0 Å². The average molecular weight is 315 g/mol. The molecule has 1 heteroatoms. The van der Waals surface area contributed by atoms with Crippen molar-refractivity contribution in [2.24, 2.45) is 5.92 Å². The minimum absolute atomic E-state index is 0. The Labute approximate surface area is 141 Å². The molecule has 0 saturated heterocycles. The van der Waals surface area contributed by atoms with Gasteiger partial charge in [-0.1, -0.05) is 97.3 Å². The van der Waals surface area contributed by atoms with Crippen LogP contribution in [0.1, 0.15) is 110 Å². The van der Waals surface area contributed by atoms with Crippen molar-refractivity contribution in [3.05, 3.63) is 0 Å². The summed E-state index contributed by atoms with van der Waals surface area (Å²) in [7, 11) is 0. The van der Waals surface area contributed by atoms with Crippen molar-refractivity contribution in [1.29, 1.82) is 0 Å². The van der Waals surface area contributed by atoms with Gasteiger partial charge in [-0.2, -0.15) is 0 Å². The van der Waals surface area contributed by atoms with Crippen LogP contribution in [-0.2, 0) is 0 Å². The van der Waals surface area contributed by atoms with E-state index < -0.39 is 0 Å². The molecule has 0 rings (SSSR count). The lowest BCUT2D eigenvalue weighted by molar-refractivity contribution is 0.503. The number of halogens is 1. The van der Waals surface area contributed by atoms with E-state index in [1.54, 1.807) is 0 Å². The van der Waals surface area contributed by atoms with Gasteiger partial charge in [-0.05, 0) is 12.3 Å². The van der Waals surface area contributed by atoms with Crippen molar-refractivity contribution >= 4 is 12.4 Å². The Morgan fingerprint density at radius 2 is 0.952 bits per heavy atom. The standard InChI is InChI=1S/C20H38.ClH/c1-4-5-6-7-8-9-10-11-12-13-14-15-16-17-18-19-20(2)3;/h1,20H,5-19H2,2-3H3;1H. The van der Waals surface area contributed by atoms with Crippen molar-refractivity contribution in [2.75, 3.05) is 0 Å². The van der Waals surface area contributed by atoms with Gasteiger partial charge in [0.25, 0.3) is 0 Å². The molecule has 0 atom stereocenters. The fourth-order valence-electron chi connectivity index (χ4n) is 2.72. The Hall–Kier alpha value is -0.150. The summed E-state index contributed by atoms with van der Waals surface area (Å²) >= 11 is 0. The molecule has 0 aliphatic carbocycles. The molecule has 0 aromatic carbocycles. The number of hydrogen-bond acceptors (Lipinski definition) is 0. The van der Waals surface area contributed by atoms with Gasteiger partial charge in [0.05, 0.1) is 0 Å². The first-order valence-corrected chi connectivity index (χ1v) is 9.21. The molecule has 0 aromatic heterocycles. The fraction of sp³-hybridized carbons (Fsp3) is 0.900. The predicted molar refractivity (Wildman–Crippen MR) is 100 cm³/mol. The van der Waals surface area contributed by atoms with Crippen LogP contribution in [0.4, 0.5) is 0 Å². The van der Waals surface area contributed by atoms with E-state index in [4.69, 9.17) is 6.42 Å². The molecule has 0 saturated carbocycles. The molecule has 0 nitrogen and oxygen atoms in total. The van der Waals surface area contributed by atoms with Crippen LogP contribution in [0.15, 0.2) is 0 Å². The minimum Gasteiger partial charge on any atom is -0.147 e. The maximum absolute atomic E-state index is 5.24. The van der Waals surface area contributed by atoms with Gasteiger partial charge in [-0.25, -0.2) is 0 Å². The molecule has 0 spiro atoms. The Kier molecular flexibility index (Phi) is 21.9. The summed E-state index contributed by atoms with van der Waals surface area (Å²) in [6, 6.07) is 0. The summed E-state index contributed by atoms with van der Waals surface area (Å²) < 4.78 is 0. The second kappa shape index (κ2) is 19.9. The summed E-state index contributed by atoms with van der Waals surface area (Å²) in [5.74, 6) is 3.61. The highest BCUT2D eigenvalue weighted by atomic mass is 35.5. The molecule has 21 heavy (non-hydrogen) atoms. The van der Waals surface area contributed by atoms with E-state index in [2.05, 4.69) is 19.8 Å². The Morgan fingerprint density at radius 3 is 1.29 bits per heavy atom. The normalized spacial score (nSPS) is 10.4. The lowest BCUT2D eigenvalue weighted by atomic mass is 10.0. The van der Waals surface area contributed by atoms with E-state index in [9.17, 15) is 0 Å². The third kappa shape index (κ3) is 22.3. The molecule has 0 bridgehead atoms. The fourth-order valence-corrected chi connectivity index (χ4v) is 2.72. The lowest BCUT2D eigenvalue weighted by Crippen LogP contribution is -1.87. The topological polar surface area (TPSA) is 0 Å². The van der Waals surface area contributed by atoms with Crippen LogP contribution in [0.3, 0.4) is 0 Å². The first kappa shape index (κ1) is 23.1. The van der Waals surface area contributed by atoms with E-state index in [-0.39, 0.29) is 12.4 Å². The highest BCUT2D eigenvalue weighted by Gasteiger charge is 1.95. The molecular weight excluding hydrogens is 276 g/mol. The van der Waals surface area contributed by atoms with Crippen LogP contribution in [0, 0.1) is 18.3 Å². The molecule has 0 unspecified atom stereocenters. The van der Waals surface area contributed by atoms with Crippen LogP contribution in [-0.4, -0.2) is 0 Å². The third-order valence-electron chi connectivity index (χ3n) is 4.10. The van der Waals surface area contributed by atoms with E-state index in [1.807, 2.05) is 0 Å². The first-order valence-electron chi connectivity index (χ1n) is 9.21. The van der Waals surface area contributed by atoms with E-state index in [1.165, 1.54) is 89.9 Å². The lowest BCUT2D eigenvalue weighted by Gasteiger charge is -2.04. The largest absolute Gasteiger partial charge is 0.147 e. The third-order valence-corrected chi connectivity index (χ3v) is 4.10. The zero-order valence-electron chi connectivity index (χ0n) is 14.7. The zero-order valence-corrected chi connectivity index (χ0v) is 15.5. The van der Waals surface area contributed by atoms with Crippen LogP contribution in [0.25, 0.3) is 0 Å². The van der Waals surface area contributed by atoms with Gasteiger partial charge >= 0.3 is 0 Å². The molecule has 0 aromatic rings. The molecule has 0 N–H and O–H groups in total. The smallest absolute Gasteiger partial charge is 0.00860 e. The van der Waals surface area contributed by atoms with Crippen molar-refractivity contribution in [2.45, 2.75) is 110 Å². The second-order valence-electron chi connectivity index (χ2n) is 6.73. The quantitative estimate of drug-likeness (QED) is 0.216. The van der Waals surface area contributed by atoms with Crippen molar-refractivity contribution < 1.29 is 0 Å².